The third-order valence-electron chi connectivity index (χ3n) is 5.23. The van der Waals surface area contributed by atoms with Gasteiger partial charge in [0.15, 0.2) is 0 Å². The largest absolute Gasteiger partial charge is 0.480 e. The fraction of sp³-hybridized carbons (Fsp3) is 0.429. The van der Waals surface area contributed by atoms with Gasteiger partial charge in [-0.2, -0.15) is 0 Å². The number of benzene rings is 2. The Morgan fingerprint density at radius 2 is 1.88 bits per heavy atom. The van der Waals surface area contributed by atoms with Crippen LogP contribution in [0.25, 0.3) is 10.8 Å². The van der Waals surface area contributed by atoms with Gasteiger partial charge in [0.25, 0.3) is 0 Å². The molecule has 5 nitrogen and oxygen atoms in total. The maximum absolute atomic E-state index is 12.7. The predicted octanol–water partition coefficient (Wildman–Crippen LogP) is 2.78. The number of likely N-dealkylation sites (N-methyl/N-ethyl adjacent to an activating group) is 1. The zero-order valence-corrected chi connectivity index (χ0v) is 15.2. The number of fused-ring (bicyclic) bond motifs is 1. The Hall–Kier alpha value is -2.40. The highest BCUT2D eigenvalue weighted by Crippen LogP contribution is 2.19. The molecular weight excluding hydrogens is 328 g/mol. The van der Waals surface area contributed by atoms with Crippen LogP contribution in [0.15, 0.2) is 42.5 Å². The molecule has 1 amide bonds. The van der Waals surface area contributed by atoms with E-state index in [4.69, 9.17) is 5.11 Å². The van der Waals surface area contributed by atoms with Crippen LogP contribution in [-0.4, -0.2) is 59.5 Å². The topological polar surface area (TPSA) is 60.9 Å². The second kappa shape index (κ2) is 8.32. The standard InChI is InChI=1S/C21H26N2O3/c1-22(15-21(25)26)19-7-4-11-23(12-10-19)20(24)14-16-8-9-17-5-2-3-6-18(17)13-16/h2-3,5-6,8-9,13,19H,4,7,10-12,14-15H2,1H3,(H,25,26). The average Bonchev–Trinajstić information content (AvgIpc) is 2.87. The third kappa shape index (κ3) is 4.61. The van der Waals surface area contributed by atoms with Gasteiger partial charge in [-0.3, -0.25) is 14.5 Å². The van der Waals surface area contributed by atoms with Crippen molar-refractivity contribution in [1.82, 2.24) is 9.80 Å². The zero-order valence-electron chi connectivity index (χ0n) is 15.2. The predicted molar refractivity (Wildman–Crippen MR) is 102 cm³/mol. The van der Waals surface area contributed by atoms with Crippen LogP contribution in [0.1, 0.15) is 24.8 Å². The Bertz CT molecular complexity index is 790. The van der Waals surface area contributed by atoms with E-state index in [0.717, 1.165) is 36.8 Å². The van der Waals surface area contributed by atoms with Gasteiger partial charge in [0.2, 0.25) is 5.91 Å². The number of aliphatic carboxylic acids is 1. The molecule has 5 heteroatoms. The van der Waals surface area contributed by atoms with Crippen LogP contribution in [0.3, 0.4) is 0 Å². The molecule has 1 N–H and O–H groups in total. The van der Waals surface area contributed by atoms with E-state index >= 15 is 0 Å². The third-order valence-corrected chi connectivity index (χ3v) is 5.23. The van der Waals surface area contributed by atoms with E-state index < -0.39 is 5.97 Å². The smallest absolute Gasteiger partial charge is 0.317 e. The quantitative estimate of drug-likeness (QED) is 0.897. The van der Waals surface area contributed by atoms with Crippen LogP contribution in [0.2, 0.25) is 0 Å². The first-order chi connectivity index (χ1) is 12.5. The molecule has 1 saturated heterocycles. The maximum atomic E-state index is 12.7. The second-order valence-electron chi connectivity index (χ2n) is 7.13. The number of carboxylic acids is 1. The molecule has 0 bridgehead atoms. The highest BCUT2D eigenvalue weighted by molar-refractivity contribution is 5.85. The first kappa shape index (κ1) is 18.4. The molecular formula is C21H26N2O3. The lowest BCUT2D eigenvalue weighted by atomic mass is 10.0. The van der Waals surface area contributed by atoms with Crippen LogP contribution >= 0.6 is 0 Å². The van der Waals surface area contributed by atoms with Gasteiger partial charge in [0, 0.05) is 19.1 Å². The molecule has 0 radical (unpaired) electrons. The first-order valence-electron chi connectivity index (χ1n) is 9.20. The number of likely N-dealkylation sites (tertiary alicyclic amines) is 1. The van der Waals surface area contributed by atoms with Crippen LogP contribution < -0.4 is 0 Å². The number of carboxylic acid groups (broad SMARTS) is 1. The fourth-order valence-corrected chi connectivity index (χ4v) is 3.75. The summed E-state index contributed by atoms with van der Waals surface area (Å²) in [5.74, 6) is -0.650. The number of hydrogen-bond donors (Lipinski definition) is 1. The van der Waals surface area contributed by atoms with E-state index in [2.05, 4.69) is 24.3 Å². The highest BCUT2D eigenvalue weighted by atomic mass is 16.4. The SMILES string of the molecule is CN(CC(=O)O)C1CCCN(C(=O)Cc2ccc3ccccc3c2)CC1. The molecule has 0 spiro atoms. The van der Waals surface area contributed by atoms with Crippen molar-refractivity contribution in [3.8, 4) is 0 Å². The molecule has 1 aliphatic rings. The molecule has 3 rings (SSSR count). The summed E-state index contributed by atoms with van der Waals surface area (Å²) in [6.45, 7) is 1.50. The number of amides is 1. The summed E-state index contributed by atoms with van der Waals surface area (Å²) in [7, 11) is 1.85. The van der Waals surface area contributed by atoms with Crippen molar-refractivity contribution < 1.29 is 14.7 Å². The van der Waals surface area contributed by atoms with Crippen LogP contribution in [0.5, 0.6) is 0 Å². The van der Waals surface area contributed by atoms with Crippen LogP contribution in [0.4, 0.5) is 0 Å². The molecule has 26 heavy (non-hydrogen) atoms. The molecule has 1 aliphatic heterocycles. The van der Waals surface area contributed by atoms with E-state index in [1.165, 1.54) is 5.39 Å². The minimum atomic E-state index is -0.805. The Morgan fingerprint density at radius 1 is 1.12 bits per heavy atom. The van der Waals surface area contributed by atoms with Crippen LogP contribution in [0, 0.1) is 0 Å². The highest BCUT2D eigenvalue weighted by Gasteiger charge is 2.24. The van der Waals surface area contributed by atoms with Gasteiger partial charge in [0.1, 0.15) is 0 Å². The van der Waals surface area contributed by atoms with Gasteiger partial charge < -0.3 is 10.0 Å². The molecule has 2 aromatic rings. The van der Waals surface area contributed by atoms with E-state index in [1.807, 2.05) is 35.0 Å². The summed E-state index contributed by atoms with van der Waals surface area (Å²) in [6, 6.07) is 14.6. The lowest BCUT2D eigenvalue weighted by molar-refractivity contribution is -0.138. The van der Waals surface area contributed by atoms with E-state index in [-0.39, 0.29) is 18.5 Å². The number of rotatable bonds is 5. The molecule has 2 aromatic carbocycles. The Labute approximate surface area is 154 Å². The minimum absolute atomic E-state index is 0.0513. The van der Waals surface area contributed by atoms with E-state index in [9.17, 15) is 9.59 Å². The van der Waals surface area contributed by atoms with Crippen molar-refractivity contribution >= 4 is 22.6 Å². The van der Waals surface area contributed by atoms with Crippen molar-refractivity contribution in [2.24, 2.45) is 0 Å². The molecule has 138 valence electrons. The minimum Gasteiger partial charge on any atom is -0.480 e. The summed E-state index contributed by atoms with van der Waals surface area (Å²) in [5.41, 5.74) is 1.04. The normalized spacial score (nSPS) is 18.1. The molecule has 0 aromatic heterocycles. The summed E-state index contributed by atoms with van der Waals surface area (Å²) >= 11 is 0. The summed E-state index contributed by atoms with van der Waals surface area (Å²) in [6.07, 6.45) is 3.09. The number of carbonyl (C=O) groups excluding carboxylic acids is 1. The van der Waals surface area contributed by atoms with Gasteiger partial charge in [0.05, 0.1) is 13.0 Å². The van der Waals surface area contributed by atoms with E-state index in [0.29, 0.717) is 13.0 Å². The van der Waals surface area contributed by atoms with Crippen molar-refractivity contribution in [3.63, 3.8) is 0 Å². The lowest BCUT2D eigenvalue weighted by Crippen LogP contribution is -2.37. The van der Waals surface area contributed by atoms with Gasteiger partial charge in [-0.05, 0) is 42.6 Å². The van der Waals surface area contributed by atoms with Crippen LogP contribution in [-0.2, 0) is 16.0 Å². The van der Waals surface area contributed by atoms with Crippen molar-refractivity contribution in [2.45, 2.75) is 31.7 Å². The Morgan fingerprint density at radius 3 is 2.65 bits per heavy atom. The molecule has 1 atom stereocenters. The monoisotopic (exact) mass is 354 g/mol. The number of hydrogen-bond acceptors (Lipinski definition) is 3. The van der Waals surface area contributed by atoms with Gasteiger partial charge in [-0.25, -0.2) is 0 Å². The first-order valence-corrected chi connectivity index (χ1v) is 9.20. The lowest BCUT2D eigenvalue weighted by Gasteiger charge is -2.25. The maximum Gasteiger partial charge on any atom is 0.317 e. The molecule has 1 heterocycles. The van der Waals surface area contributed by atoms with Crippen molar-refractivity contribution in [3.05, 3.63) is 48.0 Å². The average molecular weight is 354 g/mol. The van der Waals surface area contributed by atoms with Crippen molar-refractivity contribution in [1.29, 1.82) is 0 Å². The van der Waals surface area contributed by atoms with Gasteiger partial charge in [-0.1, -0.05) is 42.5 Å². The van der Waals surface area contributed by atoms with Crippen molar-refractivity contribution in [2.75, 3.05) is 26.7 Å². The summed E-state index contributed by atoms with van der Waals surface area (Å²) in [4.78, 5) is 27.5. The van der Waals surface area contributed by atoms with Gasteiger partial charge in [-0.15, -0.1) is 0 Å². The summed E-state index contributed by atoms with van der Waals surface area (Å²) < 4.78 is 0. The summed E-state index contributed by atoms with van der Waals surface area (Å²) in [5, 5.41) is 11.3. The number of nitrogens with zero attached hydrogens (tertiary/aromatic N) is 2. The van der Waals surface area contributed by atoms with Gasteiger partial charge >= 0.3 is 5.97 Å². The fourth-order valence-electron chi connectivity index (χ4n) is 3.75. The zero-order chi connectivity index (χ0) is 18.5. The molecule has 1 unspecified atom stereocenters. The molecule has 1 fully saturated rings. The van der Waals surface area contributed by atoms with E-state index in [1.54, 1.807) is 0 Å². The second-order valence-corrected chi connectivity index (χ2v) is 7.13. The Kier molecular flexibility index (Phi) is 5.89. The Balaban J connectivity index is 1.60. The molecule has 0 aliphatic carbocycles. The molecule has 0 saturated carbocycles. The number of carbonyl (C=O) groups is 2.